The number of nitrogens with one attached hydrogen (secondary N) is 1. The minimum atomic E-state index is -0.0544. The molecule has 6 nitrogen and oxygen atoms in total. The van der Waals surface area contributed by atoms with Crippen LogP contribution in [0.4, 0.5) is 0 Å². The first-order valence-corrected chi connectivity index (χ1v) is 9.84. The second kappa shape index (κ2) is 10.2. The highest BCUT2D eigenvalue weighted by Gasteiger charge is 2.23. The molecule has 1 aliphatic heterocycles. The number of rotatable bonds is 6. The average molecular weight is 375 g/mol. The van der Waals surface area contributed by atoms with Crippen molar-refractivity contribution < 1.29 is 9.53 Å². The van der Waals surface area contributed by atoms with Crippen molar-refractivity contribution in [2.24, 2.45) is 16.8 Å². The Bertz CT molecular complexity index is 635. The van der Waals surface area contributed by atoms with Gasteiger partial charge in [-0.15, -0.1) is 0 Å². The number of ether oxygens (including phenoxy) is 1. The van der Waals surface area contributed by atoms with Gasteiger partial charge in [-0.05, 0) is 42.9 Å². The molecule has 1 aromatic rings. The van der Waals surface area contributed by atoms with Gasteiger partial charge < -0.3 is 19.9 Å². The van der Waals surface area contributed by atoms with Crippen LogP contribution < -0.4 is 10.1 Å². The van der Waals surface area contributed by atoms with E-state index in [4.69, 9.17) is 9.73 Å². The Kier molecular flexibility index (Phi) is 7.95. The summed E-state index contributed by atoms with van der Waals surface area (Å²) in [6, 6.07) is 7.81. The fourth-order valence-electron chi connectivity index (χ4n) is 3.44. The van der Waals surface area contributed by atoms with Gasteiger partial charge in [0, 0.05) is 33.7 Å². The minimum Gasteiger partial charge on any atom is -0.484 e. The summed E-state index contributed by atoms with van der Waals surface area (Å²) >= 11 is 0. The van der Waals surface area contributed by atoms with Crippen molar-refractivity contribution in [3.63, 3.8) is 0 Å². The molecule has 1 fully saturated rings. The lowest BCUT2D eigenvalue weighted by atomic mass is 9.92. The summed E-state index contributed by atoms with van der Waals surface area (Å²) in [5.41, 5.74) is 1.07. The number of likely N-dealkylation sites (tertiary alicyclic amines) is 1. The zero-order valence-electron chi connectivity index (χ0n) is 17.4. The standard InChI is InChI=1S/C21H34N4O2/c1-6-22-21(25-13-16(2)10-17(3)14-25)23-12-18-8-7-9-19(11-18)27-15-20(26)24(4)5/h7-9,11,16-17H,6,10,12-15H2,1-5H3,(H,22,23). The summed E-state index contributed by atoms with van der Waals surface area (Å²) in [5, 5.41) is 3.43. The minimum absolute atomic E-state index is 0.0475. The highest BCUT2D eigenvalue weighted by molar-refractivity contribution is 5.80. The average Bonchev–Trinajstić information content (AvgIpc) is 2.62. The SMILES string of the molecule is CCNC(=NCc1cccc(OCC(=O)N(C)C)c1)N1CC(C)CC(C)C1. The van der Waals surface area contributed by atoms with E-state index in [1.807, 2.05) is 24.3 Å². The van der Waals surface area contributed by atoms with Crippen molar-refractivity contribution in [1.29, 1.82) is 0 Å². The molecule has 1 heterocycles. The van der Waals surface area contributed by atoms with Crippen LogP contribution in [-0.4, -0.2) is 62.0 Å². The second-order valence-corrected chi connectivity index (χ2v) is 7.75. The van der Waals surface area contributed by atoms with Crippen LogP contribution in [0, 0.1) is 11.8 Å². The van der Waals surface area contributed by atoms with Gasteiger partial charge in [0.2, 0.25) is 0 Å². The maximum Gasteiger partial charge on any atom is 0.259 e. The number of likely N-dealkylation sites (N-methyl/N-ethyl adjacent to an activating group) is 1. The molecule has 1 N–H and O–H groups in total. The summed E-state index contributed by atoms with van der Waals surface area (Å²) in [5.74, 6) is 2.99. The molecule has 0 radical (unpaired) electrons. The van der Waals surface area contributed by atoms with E-state index in [0.717, 1.165) is 31.2 Å². The first-order valence-electron chi connectivity index (χ1n) is 9.84. The Morgan fingerprint density at radius 2 is 2.00 bits per heavy atom. The second-order valence-electron chi connectivity index (χ2n) is 7.75. The van der Waals surface area contributed by atoms with Gasteiger partial charge in [-0.25, -0.2) is 4.99 Å². The number of hydrogen-bond donors (Lipinski definition) is 1. The van der Waals surface area contributed by atoms with E-state index in [1.54, 1.807) is 14.1 Å². The zero-order valence-corrected chi connectivity index (χ0v) is 17.4. The van der Waals surface area contributed by atoms with E-state index in [-0.39, 0.29) is 12.5 Å². The highest BCUT2D eigenvalue weighted by Crippen LogP contribution is 2.21. The number of piperidine rings is 1. The highest BCUT2D eigenvalue weighted by atomic mass is 16.5. The summed E-state index contributed by atoms with van der Waals surface area (Å²) in [6.07, 6.45) is 1.28. The lowest BCUT2D eigenvalue weighted by Crippen LogP contribution is -2.48. The first kappa shape index (κ1) is 21.1. The Labute approximate surface area is 163 Å². The van der Waals surface area contributed by atoms with Gasteiger partial charge in [0.25, 0.3) is 5.91 Å². The van der Waals surface area contributed by atoms with E-state index < -0.39 is 0 Å². The maximum atomic E-state index is 11.7. The van der Waals surface area contributed by atoms with Gasteiger partial charge in [-0.1, -0.05) is 26.0 Å². The lowest BCUT2D eigenvalue weighted by Gasteiger charge is -2.37. The molecule has 2 unspecified atom stereocenters. The van der Waals surface area contributed by atoms with E-state index in [1.165, 1.54) is 11.3 Å². The number of aliphatic imine (C=N–C) groups is 1. The topological polar surface area (TPSA) is 57.2 Å². The van der Waals surface area contributed by atoms with Gasteiger partial charge >= 0.3 is 0 Å². The molecule has 1 saturated heterocycles. The van der Waals surface area contributed by atoms with Crippen LogP contribution in [-0.2, 0) is 11.3 Å². The van der Waals surface area contributed by atoms with Gasteiger partial charge in [0.05, 0.1) is 6.54 Å². The van der Waals surface area contributed by atoms with Crippen LogP contribution in [0.3, 0.4) is 0 Å². The molecule has 150 valence electrons. The van der Waals surface area contributed by atoms with Crippen molar-refractivity contribution >= 4 is 11.9 Å². The van der Waals surface area contributed by atoms with Crippen molar-refractivity contribution in [1.82, 2.24) is 15.1 Å². The molecule has 2 atom stereocenters. The molecule has 0 aromatic heterocycles. The van der Waals surface area contributed by atoms with Crippen LogP contribution in [0.5, 0.6) is 5.75 Å². The van der Waals surface area contributed by atoms with Gasteiger partial charge in [0.15, 0.2) is 12.6 Å². The van der Waals surface area contributed by atoms with Gasteiger partial charge in [0.1, 0.15) is 5.75 Å². The van der Waals surface area contributed by atoms with Gasteiger partial charge in [-0.2, -0.15) is 0 Å². The number of benzene rings is 1. The molecular formula is C21H34N4O2. The number of carbonyl (C=O) groups is 1. The Morgan fingerprint density at radius 3 is 2.63 bits per heavy atom. The van der Waals surface area contributed by atoms with Crippen molar-refractivity contribution in [3.8, 4) is 5.75 Å². The van der Waals surface area contributed by atoms with Gasteiger partial charge in [-0.3, -0.25) is 4.79 Å². The molecule has 2 rings (SSSR count). The third kappa shape index (κ3) is 6.77. The summed E-state index contributed by atoms with van der Waals surface area (Å²) in [4.78, 5) is 20.4. The third-order valence-corrected chi connectivity index (χ3v) is 4.67. The fraction of sp³-hybridized carbons (Fsp3) is 0.619. The Hall–Kier alpha value is -2.24. The van der Waals surface area contributed by atoms with Crippen LogP contribution in [0.25, 0.3) is 0 Å². The number of guanidine groups is 1. The Balaban J connectivity index is 2.02. The van der Waals surface area contributed by atoms with E-state index in [0.29, 0.717) is 24.1 Å². The number of hydrogen-bond acceptors (Lipinski definition) is 3. The van der Waals surface area contributed by atoms with Crippen molar-refractivity contribution in [3.05, 3.63) is 29.8 Å². The summed E-state index contributed by atoms with van der Waals surface area (Å²) in [7, 11) is 3.45. The Morgan fingerprint density at radius 1 is 1.30 bits per heavy atom. The fourth-order valence-corrected chi connectivity index (χ4v) is 3.44. The molecule has 1 aromatic carbocycles. The summed E-state index contributed by atoms with van der Waals surface area (Å²) in [6.45, 7) is 10.3. The molecule has 0 spiro atoms. The summed E-state index contributed by atoms with van der Waals surface area (Å²) < 4.78 is 5.60. The lowest BCUT2D eigenvalue weighted by molar-refractivity contribution is -0.130. The first-order chi connectivity index (χ1) is 12.9. The zero-order chi connectivity index (χ0) is 19.8. The van der Waals surface area contributed by atoms with Crippen LogP contribution >= 0.6 is 0 Å². The van der Waals surface area contributed by atoms with Crippen LogP contribution in [0.15, 0.2) is 29.3 Å². The predicted octanol–water partition coefficient (Wildman–Crippen LogP) is 2.60. The van der Waals surface area contributed by atoms with Crippen LogP contribution in [0.2, 0.25) is 0 Å². The normalized spacial score (nSPS) is 20.3. The maximum absolute atomic E-state index is 11.7. The molecule has 27 heavy (non-hydrogen) atoms. The van der Waals surface area contributed by atoms with E-state index in [2.05, 4.69) is 31.0 Å². The largest absolute Gasteiger partial charge is 0.484 e. The molecule has 1 aliphatic rings. The third-order valence-electron chi connectivity index (χ3n) is 4.67. The van der Waals surface area contributed by atoms with Crippen molar-refractivity contribution in [2.75, 3.05) is 40.3 Å². The monoisotopic (exact) mass is 374 g/mol. The molecule has 0 saturated carbocycles. The molecule has 0 aliphatic carbocycles. The molecular weight excluding hydrogens is 340 g/mol. The number of nitrogens with zero attached hydrogens (tertiary/aromatic N) is 3. The molecule has 0 bridgehead atoms. The van der Waals surface area contributed by atoms with E-state index >= 15 is 0 Å². The quantitative estimate of drug-likeness (QED) is 0.614. The number of carbonyl (C=O) groups excluding carboxylic acids is 1. The molecule has 1 amide bonds. The smallest absolute Gasteiger partial charge is 0.259 e. The predicted molar refractivity (Wildman–Crippen MR) is 110 cm³/mol. The van der Waals surface area contributed by atoms with Crippen LogP contribution in [0.1, 0.15) is 32.8 Å². The van der Waals surface area contributed by atoms with Crippen molar-refractivity contribution in [2.45, 2.75) is 33.7 Å². The number of amides is 1. The molecule has 6 heteroatoms. The van der Waals surface area contributed by atoms with E-state index in [9.17, 15) is 4.79 Å².